The van der Waals surface area contributed by atoms with Crippen molar-refractivity contribution in [2.45, 2.75) is 18.6 Å². The molecule has 0 saturated heterocycles. The third-order valence-electron chi connectivity index (χ3n) is 2.72. The molecule has 0 aromatic carbocycles. The van der Waals surface area contributed by atoms with Crippen LogP contribution in [0.1, 0.15) is 24.2 Å². The maximum atomic E-state index is 11.9. The average molecular weight is 286 g/mol. The maximum absolute atomic E-state index is 11.9. The second-order valence-corrected chi connectivity index (χ2v) is 7.04. The Bertz CT molecular complexity index is 622. The van der Waals surface area contributed by atoms with Gasteiger partial charge in [-0.2, -0.15) is 0 Å². The predicted molar refractivity (Wildman–Crippen MR) is 68.7 cm³/mol. The second-order valence-electron chi connectivity index (χ2n) is 4.47. The molecular weight excluding hydrogens is 272 g/mol. The predicted octanol–water partition coefficient (Wildman–Crippen LogP) is 0.542. The van der Waals surface area contributed by atoms with Gasteiger partial charge in [-0.15, -0.1) is 0 Å². The van der Waals surface area contributed by atoms with Crippen LogP contribution in [0, 0.1) is 0 Å². The van der Waals surface area contributed by atoms with Crippen molar-refractivity contribution in [3.63, 3.8) is 0 Å². The van der Waals surface area contributed by atoms with E-state index in [2.05, 4.69) is 10.3 Å². The van der Waals surface area contributed by atoms with Crippen LogP contribution >= 0.6 is 0 Å². The molecule has 0 unspecified atom stereocenters. The lowest BCUT2D eigenvalue weighted by Gasteiger charge is -2.21. The first-order valence-electron chi connectivity index (χ1n) is 5.26. The zero-order valence-corrected chi connectivity index (χ0v) is 11.5. The molecule has 0 bridgehead atoms. The number of carbonyl (C=O) groups is 2. The van der Waals surface area contributed by atoms with Gasteiger partial charge in [0.2, 0.25) is 5.91 Å². The maximum Gasteiger partial charge on any atom is 0.335 e. The summed E-state index contributed by atoms with van der Waals surface area (Å²) in [6, 6.07) is 2.41. The number of rotatable bonds is 4. The Morgan fingerprint density at radius 2 is 1.95 bits per heavy atom. The summed E-state index contributed by atoms with van der Waals surface area (Å²) >= 11 is 0. The molecule has 1 heterocycles. The van der Waals surface area contributed by atoms with Gasteiger partial charge in [0.1, 0.15) is 10.6 Å². The Morgan fingerprint density at radius 3 is 2.42 bits per heavy atom. The number of carbonyl (C=O) groups excluding carboxylic acids is 1. The number of aromatic nitrogens is 1. The Kier molecular flexibility index (Phi) is 3.94. The van der Waals surface area contributed by atoms with Gasteiger partial charge >= 0.3 is 5.97 Å². The normalized spacial score (nSPS) is 11.9. The summed E-state index contributed by atoms with van der Waals surface area (Å²) in [5.74, 6) is -1.95. The number of amides is 1. The quantitative estimate of drug-likeness (QED) is 0.835. The lowest BCUT2D eigenvalue weighted by Crippen LogP contribution is -2.44. The topological polar surface area (TPSA) is 113 Å². The molecule has 7 nitrogen and oxygen atoms in total. The van der Waals surface area contributed by atoms with Crippen molar-refractivity contribution in [2.75, 3.05) is 11.6 Å². The Hall–Kier alpha value is -1.96. The van der Waals surface area contributed by atoms with Gasteiger partial charge in [0, 0.05) is 12.5 Å². The van der Waals surface area contributed by atoms with Gasteiger partial charge < -0.3 is 10.4 Å². The van der Waals surface area contributed by atoms with Crippen LogP contribution in [-0.4, -0.2) is 41.4 Å². The van der Waals surface area contributed by atoms with E-state index in [1.54, 1.807) is 0 Å². The first kappa shape index (κ1) is 15.1. The highest BCUT2D eigenvalue weighted by molar-refractivity contribution is 7.92. The van der Waals surface area contributed by atoms with Gasteiger partial charge in [-0.3, -0.25) is 4.79 Å². The first-order chi connectivity index (χ1) is 8.55. The number of carboxylic acids is 1. The number of carboxylic acid groups (broad SMARTS) is 1. The number of aromatic carboxylic acids is 1. The van der Waals surface area contributed by atoms with E-state index >= 15 is 0 Å². The lowest BCUT2D eigenvalue weighted by molar-refractivity contribution is -0.117. The van der Waals surface area contributed by atoms with E-state index < -0.39 is 26.5 Å². The van der Waals surface area contributed by atoms with Gasteiger partial charge in [-0.1, -0.05) is 0 Å². The Labute approximate surface area is 110 Å². The zero-order valence-electron chi connectivity index (χ0n) is 10.7. The van der Waals surface area contributed by atoms with Crippen LogP contribution in [0.2, 0.25) is 0 Å². The van der Waals surface area contributed by atoms with Crippen molar-refractivity contribution in [1.29, 1.82) is 0 Å². The van der Waals surface area contributed by atoms with Crippen molar-refractivity contribution in [1.82, 2.24) is 4.98 Å². The highest BCUT2D eigenvalue weighted by atomic mass is 32.2. The molecule has 1 rings (SSSR count). The standard InChI is InChI=1S/C11H14N2O5S/c1-11(2,19(3,17)18)10(16)13-8-6-7(9(14)15)4-5-12-8/h4-6H,1-3H3,(H,14,15)(H,12,13,16). The van der Waals surface area contributed by atoms with E-state index in [0.29, 0.717) is 0 Å². The van der Waals surface area contributed by atoms with Crippen LogP contribution in [0.25, 0.3) is 0 Å². The minimum absolute atomic E-state index is 0.0124. The van der Waals surface area contributed by atoms with E-state index in [0.717, 1.165) is 12.3 Å². The fourth-order valence-corrected chi connectivity index (χ4v) is 1.45. The molecule has 19 heavy (non-hydrogen) atoms. The van der Waals surface area contributed by atoms with E-state index in [9.17, 15) is 18.0 Å². The molecule has 1 aromatic rings. The van der Waals surface area contributed by atoms with Gasteiger partial charge in [0.05, 0.1) is 5.56 Å². The Balaban J connectivity index is 3.01. The van der Waals surface area contributed by atoms with Crippen LogP contribution < -0.4 is 5.32 Å². The van der Waals surface area contributed by atoms with Gasteiger partial charge in [0.15, 0.2) is 9.84 Å². The third-order valence-corrected chi connectivity index (χ3v) is 4.76. The lowest BCUT2D eigenvalue weighted by atomic mass is 10.2. The molecule has 0 atom stereocenters. The molecule has 0 radical (unpaired) electrons. The molecular formula is C11H14N2O5S. The van der Waals surface area contributed by atoms with Crippen molar-refractivity contribution >= 4 is 27.5 Å². The van der Waals surface area contributed by atoms with Crippen molar-refractivity contribution in [3.05, 3.63) is 23.9 Å². The number of pyridine rings is 1. The van der Waals surface area contributed by atoms with Gasteiger partial charge in [0.25, 0.3) is 0 Å². The molecule has 104 valence electrons. The van der Waals surface area contributed by atoms with E-state index in [1.807, 2.05) is 0 Å². The summed E-state index contributed by atoms with van der Waals surface area (Å²) in [6.07, 6.45) is 2.17. The van der Waals surface area contributed by atoms with Gasteiger partial charge in [-0.05, 0) is 26.0 Å². The molecule has 0 aliphatic rings. The summed E-state index contributed by atoms with van der Waals surface area (Å²) in [5.41, 5.74) is -0.0533. The van der Waals surface area contributed by atoms with E-state index in [-0.39, 0.29) is 11.4 Å². The molecule has 0 aliphatic heterocycles. The minimum atomic E-state index is -3.60. The minimum Gasteiger partial charge on any atom is -0.478 e. The van der Waals surface area contributed by atoms with Gasteiger partial charge in [-0.25, -0.2) is 18.2 Å². The molecule has 1 aromatic heterocycles. The molecule has 0 saturated carbocycles. The average Bonchev–Trinajstić information content (AvgIpc) is 2.27. The van der Waals surface area contributed by atoms with Crippen LogP contribution in [0.5, 0.6) is 0 Å². The summed E-state index contributed by atoms with van der Waals surface area (Å²) in [4.78, 5) is 26.4. The molecule has 0 aliphatic carbocycles. The summed E-state index contributed by atoms with van der Waals surface area (Å²) in [6.45, 7) is 2.53. The van der Waals surface area contributed by atoms with E-state index in [1.165, 1.54) is 26.1 Å². The molecule has 8 heteroatoms. The molecule has 2 N–H and O–H groups in total. The highest BCUT2D eigenvalue weighted by Gasteiger charge is 2.38. The van der Waals surface area contributed by atoms with Crippen LogP contribution in [0.4, 0.5) is 5.82 Å². The van der Waals surface area contributed by atoms with Crippen LogP contribution in [0.3, 0.4) is 0 Å². The summed E-state index contributed by atoms with van der Waals surface area (Å²) < 4.78 is 21.3. The largest absolute Gasteiger partial charge is 0.478 e. The van der Waals surface area contributed by atoms with Crippen molar-refractivity contribution in [3.8, 4) is 0 Å². The number of sulfone groups is 1. The molecule has 1 amide bonds. The van der Waals surface area contributed by atoms with Crippen LogP contribution in [0.15, 0.2) is 18.3 Å². The first-order valence-corrected chi connectivity index (χ1v) is 7.15. The van der Waals surface area contributed by atoms with E-state index in [4.69, 9.17) is 5.11 Å². The number of nitrogens with one attached hydrogen (secondary N) is 1. The fraction of sp³-hybridized carbons (Fsp3) is 0.364. The second kappa shape index (κ2) is 4.96. The molecule has 0 spiro atoms. The Morgan fingerprint density at radius 1 is 1.37 bits per heavy atom. The molecule has 0 fully saturated rings. The zero-order chi connectivity index (χ0) is 14.8. The fourth-order valence-electron chi connectivity index (χ4n) is 1.07. The summed E-state index contributed by atoms with van der Waals surface area (Å²) in [5, 5.41) is 11.1. The number of nitrogens with zero attached hydrogens (tertiary/aromatic N) is 1. The SMILES string of the molecule is CC(C)(C(=O)Nc1cc(C(=O)O)ccn1)S(C)(=O)=O. The van der Waals surface area contributed by atoms with Crippen LogP contribution in [-0.2, 0) is 14.6 Å². The van der Waals surface area contributed by atoms with Crippen molar-refractivity contribution < 1.29 is 23.1 Å². The van der Waals surface area contributed by atoms with Crippen molar-refractivity contribution in [2.24, 2.45) is 0 Å². The third kappa shape index (κ3) is 3.28. The monoisotopic (exact) mass is 286 g/mol. The number of hydrogen-bond acceptors (Lipinski definition) is 5. The number of anilines is 1. The number of hydrogen-bond donors (Lipinski definition) is 2. The summed E-state index contributed by atoms with van der Waals surface area (Å²) in [7, 11) is -3.60. The highest BCUT2D eigenvalue weighted by Crippen LogP contribution is 2.18. The smallest absolute Gasteiger partial charge is 0.335 e.